The van der Waals surface area contributed by atoms with Crippen LogP contribution in [0.5, 0.6) is 5.75 Å². The number of aliphatic hydroxyl groups excluding tert-OH is 1. The Morgan fingerprint density at radius 2 is 2.20 bits per heavy atom. The van der Waals surface area contributed by atoms with Crippen molar-refractivity contribution in [3.8, 4) is 5.75 Å². The van der Waals surface area contributed by atoms with Crippen LogP contribution in [0, 0.1) is 6.92 Å². The molecule has 0 amide bonds. The number of carbonyl (C=O) groups excluding carboxylic acids is 1. The summed E-state index contributed by atoms with van der Waals surface area (Å²) in [6.45, 7) is 3.66. The zero-order chi connectivity index (χ0) is 11.4. The van der Waals surface area contributed by atoms with Gasteiger partial charge in [0, 0.05) is 5.56 Å². The van der Waals surface area contributed by atoms with Crippen molar-refractivity contribution >= 4 is 5.97 Å². The van der Waals surface area contributed by atoms with Crippen molar-refractivity contribution in [1.82, 2.24) is 0 Å². The summed E-state index contributed by atoms with van der Waals surface area (Å²) in [4.78, 5) is 11.2. The minimum absolute atomic E-state index is 0.101. The molecule has 1 aromatic carbocycles. The van der Waals surface area contributed by atoms with E-state index in [4.69, 9.17) is 0 Å². The third kappa shape index (κ3) is 2.70. The molecule has 0 heterocycles. The topological polar surface area (TPSA) is 66.8 Å². The van der Waals surface area contributed by atoms with Gasteiger partial charge in [-0.2, -0.15) is 0 Å². The molecule has 0 saturated heterocycles. The van der Waals surface area contributed by atoms with Crippen molar-refractivity contribution in [3.05, 3.63) is 29.3 Å². The number of hydrogen-bond donors (Lipinski definition) is 2. The zero-order valence-electron chi connectivity index (χ0n) is 8.73. The molecule has 0 fully saturated rings. The summed E-state index contributed by atoms with van der Waals surface area (Å²) < 4.78 is 4.64. The summed E-state index contributed by atoms with van der Waals surface area (Å²) in [5.41, 5.74) is 1.02. The third-order valence-electron chi connectivity index (χ3n) is 1.99. The molecule has 1 atom stereocenters. The Morgan fingerprint density at radius 3 is 2.73 bits per heavy atom. The normalized spacial score (nSPS) is 12.2. The van der Waals surface area contributed by atoms with E-state index in [0.29, 0.717) is 0 Å². The number of aliphatic hydroxyl groups is 1. The van der Waals surface area contributed by atoms with E-state index >= 15 is 0 Å². The number of esters is 1. The molecule has 15 heavy (non-hydrogen) atoms. The summed E-state index contributed by atoms with van der Waals surface area (Å²) in [5, 5.41) is 19.1. The van der Waals surface area contributed by atoms with Crippen LogP contribution >= 0.6 is 0 Å². The predicted molar refractivity (Wildman–Crippen MR) is 54.4 cm³/mol. The second kappa shape index (κ2) is 4.79. The molecule has 0 spiro atoms. The highest BCUT2D eigenvalue weighted by Gasteiger charge is 2.21. The lowest BCUT2D eigenvalue weighted by Crippen LogP contribution is -2.15. The fourth-order valence-corrected chi connectivity index (χ4v) is 1.23. The van der Waals surface area contributed by atoms with Crippen LogP contribution in [0.2, 0.25) is 0 Å². The number of ether oxygens (including phenoxy) is 1. The molecule has 0 aliphatic heterocycles. The van der Waals surface area contributed by atoms with Crippen LogP contribution in [0.3, 0.4) is 0 Å². The second-order valence-electron chi connectivity index (χ2n) is 3.22. The number of aromatic hydroxyl groups is 1. The molecule has 0 aliphatic rings. The van der Waals surface area contributed by atoms with Gasteiger partial charge in [-0.3, -0.25) is 0 Å². The molecule has 1 rings (SSSR count). The van der Waals surface area contributed by atoms with E-state index in [2.05, 4.69) is 4.74 Å². The van der Waals surface area contributed by atoms with Gasteiger partial charge in [0.25, 0.3) is 0 Å². The lowest BCUT2D eigenvalue weighted by atomic mass is 10.1. The quantitative estimate of drug-likeness (QED) is 0.738. The number of hydrogen-bond acceptors (Lipinski definition) is 4. The van der Waals surface area contributed by atoms with Crippen molar-refractivity contribution in [1.29, 1.82) is 0 Å². The molecular formula is C11H14O4. The molecule has 0 radical (unpaired) electrons. The van der Waals surface area contributed by atoms with Gasteiger partial charge >= 0.3 is 5.97 Å². The van der Waals surface area contributed by atoms with Crippen molar-refractivity contribution in [3.63, 3.8) is 0 Å². The van der Waals surface area contributed by atoms with Crippen molar-refractivity contribution in [2.24, 2.45) is 0 Å². The van der Waals surface area contributed by atoms with Crippen LogP contribution in [0.25, 0.3) is 0 Å². The van der Waals surface area contributed by atoms with E-state index in [1.54, 1.807) is 19.9 Å². The number of carbonyl (C=O) groups is 1. The average molecular weight is 210 g/mol. The predicted octanol–water partition coefficient (Wildman–Crippen LogP) is 1.30. The molecule has 1 aromatic rings. The standard InChI is InChI=1S/C11H14O4/c1-3-15-11(14)10(13)8-5-4-7(2)6-9(8)12/h4-6,10,12-13H,3H2,1-2H3. The minimum atomic E-state index is -1.43. The van der Waals surface area contributed by atoms with Crippen molar-refractivity contribution in [2.45, 2.75) is 20.0 Å². The number of benzene rings is 1. The zero-order valence-corrected chi connectivity index (χ0v) is 8.73. The molecule has 1 unspecified atom stereocenters. The highest BCUT2D eigenvalue weighted by atomic mass is 16.5. The minimum Gasteiger partial charge on any atom is -0.508 e. The molecule has 0 aromatic heterocycles. The van der Waals surface area contributed by atoms with Crippen LogP contribution in [0.1, 0.15) is 24.2 Å². The van der Waals surface area contributed by atoms with E-state index in [-0.39, 0.29) is 17.9 Å². The number of rotatable bonds is 3. The van der Waals surface area contributed by atoms with Gasteiger partial charge in [0.15, 0.2) is 6.10 Å². The Balaban J connectivity index is 2.91. The molecule has 0 saturated carbocycles. The fraction of sp³-hybridized carbons (Fsp3) is 0.364. The van der Waals surface area contributed by atoms with E-state index in [9.17, 15) is 15.0 Å². The summed E-state index contributed by atoms with van der Waals surface area (Å²) in [6, 6.07) is 4.70. The van der Waals surface area contributed by atoms with Crippen LogP contribution < -0.4 is 0 Å². The van der Waals surface area contributed by atoms with Crippen molar-refractivity contribution in [2.75, 3.05) is 6.61 Å². The number of phenols is 1. The highest BCUT2D eigenvalue weighted by molar-refractivity contribution is 5.77. The van der Waals surface area contributed by atoms with Gasteiger partial charge in [0.2, 0.25) is 0 Å². The van der Waals surface area contributed by atoms with Gasteiger partial charge < -0.3 is 14.9 Å². The third-order valence-corrected chi connectivity index (χ3v) is 1.99. The Hall–Kier alpha value is -1.55. The molecule has 4 heteroatoms. The van der Waals surface area contributed by atoms with Gasteiger partial charge in [-0.1, -0.05) is 12.1 Å². The molecule has 0 aliphatic carbocycles. The van der Waals surface area contributed by atoms with Crippen LogP contribution in [-0.4, -0.2) is 22.8 Å². The number of phenolic OH excluding ortho intramolecular Hbond substituents is 1. The summed E-state index contributed by atoms with van der Waals surface area (Å²) >= 11 is 0. The Kier molecular flexibility index (Phi) is 3.68. The van der Waals surface area contributed by atoms with Crippen LogP contribution in [0.15, 0.2) is 18.2 Å². The first-order chi connectivity index (χ1) is 7.06. The molecule has 4 nitrogen and oxygen atoms in total. The lowest BCUT2D eigenvalue weighted by molar-refractivity contribution is -0.153. The number of aryl methyl sites for hydroxylation is 1. The van der Waals surface area contributed by atoms with E-state index in [1.165, 1.54) is 12.1 Å². The highest BCUT2D eigenvalue weighted by Crippen LogP contribution is 2.25. The monoisotopic (exact) mass is 210 g/mol. The molecule has 2 N–H and O–H groups in total. The Bertz CT molecular complexity index is 360. The van der Waals surface area contributed by atoms with Gasteiger partial charge in [-0.15, -0.1) is 0 Å². The lowest BCUT2D eigenvalue weighted by Gasteiger charge is -2.11. The van der Waals surface area contributed by atoms with Gasteiger partial charge in [0.1, 0.15) is 5.75 Å². The Morgan fingerprint density at radius 1 is 1.53 bits per heavy atom. The van der Waals surface area contributed by atoms with Crippen LogP contribution in [-0.2, 0) is 9.53 Å². The van der Waals surface area contributed by atoms with Gasteiger partial charge in [-0.05, 0) is 25.5 Å². The van der Waals surface area contributed by atoms with E-state index < -0.39 is 12.1 Å². The van der Waals surface area contributed by atoms with Gasteiger partial charge in [0.05, 0.1) is 6.61 Å². The first-order valence-electron chi connectivity index (χ1n) is 4.70. The fourth-order valence-electron chi connectivity index (χ4n) is 1.23. The first kappa shape index (κ1) is 11.5. The maximum atomic E-state index is 11.2. The first-order valence-corrected chi connectivity index (χ1v) is 4.70. The average Bonchev–Trinajstić information content (AvgIpc) is 2.17. The van der Waals surface area contributed by atoms with E-state index in [1.807, 2.05) is 0 Å². The molecular weight excluding hydrogens is 196 g/mol. The molecule has 82 valence electrons. The van der Waals surface area contributed by atoms with Gasteiger partial charge in [-0.25, -0.2) is 4.79 Å². The maximum absolute atomic E-state index is 11.2. The summed E-state index contributed by atoms with van der Waals surface area (Å²) in [6.07, 6.45) is -1.43. The Labute approximate surface area is 88.1 Å². The smallest absolute Gasteiger partial charge is 0.339 e. The van der Waals surface area contributed by atoms with Crippen LogP contribution in [0.4, 0.5) is 0 Å². The SMILES string of the molecule is CCOC(=O)C(O)c1ccc(C)cc1O. The van der Waals surface area contributed by atoms with E-state index in [0.717, 1.165) is 5.56 Å². The summed E-state index contributed by atoms with van der Waals surface area (Å²) in [7, 11) is 0. The second-order valence-corrected chi connectivity index (χ2v) is 3.22. The molecule has 0 bridgehead atoms. The summed E-state index contributed by atoms with van der Waals surface area (Å²) in [5.74, 6) is -0.854. The maximum Gasteiger partial charge on any atom is 0.339 e. The van der Waals surface area contributed by atoms with Crippen molar-refractivity contribution < 1.29 is 19.7 Å². The largest absolute Gasteiger partial charge is 0.508 e.